The van der Waals surface area contributed by atoms with Crippen LogP contribution in [0.4, 0.5) is 0 Å². The summed E-state index contributed by atoms with van der Waals surface area (Å²) >= 11 is 0. The summed E-state index contributed by atoms with van der Waals surface area (Å²) in [7, 11) is 0. The lowest BCUT2D eigenvalue weighted by Crippen LogP contribution is -2.48. The molecule has 4 amide bonds. The van der Waals surface area contributed by atoms with Crippen molar-refractivity contribution in [2.45, 2.75) is 78.1 Å². The summed E-state index contributed by atoms with van der Waals surface area (Å²) in [6, 6.07) is 15.2. The molecule has 1 aliphatic rings. The first-order valence-electron chi connectivity index (χ1n) is 14.8. The van der Waals surface area contributed by atoms with Crippen molar-refractivity contribution in [2.75, 3.05) is 13.2 Å². The highest BCUT2D eigenvalue weighted by atomic mass is 16.5. The molecule has 0 spiro atoms. The van der Waals surface area contributed by atoms with Gasteiger partial charge in [0.15, 0.2) is 13.2 Å². The SMILES string of the molecule is CCC(C)c1ccc(OCC(=O)NNC(=O)C2CCC(C(=O)NNC(=O)COc3ccc(C(C)CC)cc3)CC2)cc1. The van der Waals surface area contributed by atoms with Crippen LogP contribution in [-0.2, 0) is 19.2 Å². The Balaban J connectivity index is 1.28. The Morgan fingerprint density at radius 3 is 1.26 bits per heavy atom. The van der Waals surface area contributed by atoms with E-state index in [1.165, 1.54) is 11.1 Å². The highest BCUT2D eigenvalue weighted by molar-refractivity contribution is 5.85. The van der Waals surface area contributed by atoms with Crippen molar-refractivity contribution < 1.29 is 28.7 Å². The first-order valence-corrected chi connectivity index (χ1v) is 14.8. The van der Waals surface area contributed by atoms with Gasteiger partial charge in [-0.15, -0.1) is 0 Å². The monoisotopic (exact) mass is 580 g/mol. The topological polar surface area (TPSA) is 135 Å². The molecule has 2 unspecified atom stereocenters. The molecule has 42 heavy (non-hydrogen) atoms. The van der Waals surface area contributed by atoms with Crippen LogP contribution in [0.2, 0.25) is 0 Å². The Morgan fingerprint density at radius 1 is 0.619 bits per heavy atom. The second-order valence-corrected chi connectivity index (χ2v) is 11.0. The van der Waals surface area contributed by atoms with E-state index in [2.05, 4.69) is 49.4 Å². The fourth-order valence-corrected chi connectivity index (χ4v) is 4.71. The summed E-state index contributed by atoms with van der Waals surface area (Å²) in [6.45, 7) is 8.11. The fraction of sp³-hybridized carbons (Fsp3) is 0.500. The van der Waals surface area contributed by atoms with Crippen LogP contribution in [0, 0.1) is 11.8 Å². The van der Waals surface area contributed by atoms with Gasteiger partial charge in [-0.05, 0) is 85.8 Å². The molecule has 0 aromatic heterocycles. The Kier molecular flexibility index (Phi) is 12.7. The summed E-state index contributed by atoms with van der Waals surface area (Å²) in [5.74, 6) is -0.114. The molecule has 0 aliphatic heterocycles. The lowest BCUT2D eigenvalue weighted by molar-refractivity contribution is -0.135. The molecule has 2 aromatic carbocycles. The van der Waals surface area contributed by atoms with Crippen LogP contribution in [0.3, 0.4) is 0 Å². The number of amides is 4. The standard InChI is InChI=1S/C32H44N4O6/c1-5-21(3)23-11-15-27(16-12-23)41-19-29(37)33-35-31(39)25-7-9-26(10-8-25)32(40)36-34-30(38)20-42-28-17-13-24(14-18-28)22(4)6-2/h11-18,21-22,25-26H,5-10,19-20H2,1-4H3,(H,33,37)(H,34,38)(H,35,39)(H,36,40). The zero-order valence-electron chi connectivity index (χ0n) is 25.0. The molecule has 228 valence electrons. The third-order valence-electron chi connectivity index (χ3n) is 7.98. The number of carbonyl (C=O) groups excluding carboxylic acids is 4. The van der Waals surface area contributed by atoms with Gasteiger partial charge in [-0.3, -0.25) is 40.9 Å². The zero-order valence-corrected chi connectivity index (χ0v) is 25.0. The predicted octanol–water partition coefficient (Wildman–Crippen LogP) is 4.27. The van der Waals surface area contributed by atoms with Crippen LogP contribution >= 0.6 is 0 Å². The molecular weight excluding hydrogens is 536 g/mol. The lowest BCUT2D eigenvalue weighted by atomic mass is 9.81. The summed E-state index contributed by atoms with van der Waals surface area (Å²) in [6.07, 6.45) is 4.04. The van der Waals surface area contributed by atoms with Gasteiger partial charge in [0, 0.05) is 11.8 Å². The molecule has 2 atom stereocenters. The van der Waals surface area contributed by atoms with Crippen LogP contribution < -0.4 is 31.2 Å². The fourth-order valence-electron chi connectivity index (χ4n) is 4.71. The molecule has 4 N–H and O–H groups in total. The molecule has 0 radical (unpaired) electrons. The number of hydrogen-bond acceptors (Lipinski definition) is 6. The first kappa shape index (κ1) is 32.4. The third kappa shape index (κ3) is 10.1. The molecule has 1 saturated carbocycles. The van der Waals surface area contributed by atoms with E-state index in [9.17, 15) is 19.2 Å². The van der Waals surface area contributed by atoms with Crippen LogP contribution in [0.1, 0.15) is 89.2 Å². The number of benzene rings is 2. The van der Waals surface area contributed by atoms with E-state index in [-0.39, 0.29) is 36.9 Å². The summed E-state index contributed by atoms with van der Waals surface area (Å²) < 4.78 is 11.0. The van der Waals surface area contributed by atoms with E-state index >= 15 is 0 Å². The number of rotatable bonds is 12. The highest BCUT2D eigenvalue weighted by Gasteiger charge is 2.30. The molecule has 0 bridgehead atoms. The third-order valence-corrected chi connectivity index (χ3v) is 7.98. The van der Waals surface area contributed by atoms with Gasteiger partial charge in [-0.2, -0.15) is 0 Å². The zero-order chi connectivity index (χ0) is 30.5. The van der Waals surface area contributed by atoms with Crippen LogP contribution in [0.25, 0.3) is 0 Å². The number of ether oxygens (including phenoxy) is 2. The largest absolute Gasteiger partial charge is 0.484 e. The van der Waals surface area contributed by atoms with Crippen molar-refractivity contribution in [3.63, 3.8) is 0 Å². The molecule has 1 aliphatic carbocycles. The average molecular weight is 581 g/mol. The number of hydrogen-bond donors (Lipinski definition) is 4. The minimum Gasteiger partial charge on any atom is -0.484 e. The summed E-state index contributed by atoms with van der Waals surface area (Å²) in [5, 5.41) is 0. The highest BCUT2D eigenvalue weighted by Crippen LogP contribution is 2.29. The van der Waals surface area contributed by atoms with Gasteiger partial charge < -0.3 is 9.47 Å². The maximum absolute atomic E-state index is 12.5. The van der Waals surface area contributed by atoms with Gasteiger partial charge in [0.1, 0.15) is 11.5 Å². The van der Waals surface area contributed by atoms with Gasteiger partial charge in [0.2, 0.25) is 11.8 Å². The molecule has 2 aromatic rings. The second-order valence-electron chi connectivity index (χ2n) is 11.0. The second kappa shape index (κ2) is 16.4. The molecule has 0 saturated heterocycles. The van der Waals surface area contributed by atoms with E-state index in [0.29, 0.717) is 49.0 Å². The van der Waals surface area contributed by atoms with E-state index in [1.54, 1.807) is 0 Å². The number of carbonyl (C=O) groups is 4. The molecular formula is C32H44N4O6. The van der Waals surface area contributed by atoms with E-state index in [0.717, 1.165) is 12.8 Å². The van der Waals surface area contributed by atoms with Gasteiger partial charge in [0.25, 0.3) is 11.8 Å². The van der Waals surface area contributed by atoms with Crippen LogP contribution in [0.5, 0.6) is 11.5 Å². The quantitative estimate of drug-likeness (QED) is 0.277. The predicted molar refractivity (Wildman–Crippen MR) is 159 cm³/mol. The molecule has 1 fully saturated rings. The summed E-state index contributed by atoms with van der Waals surface area (Å²) in [4.78, 5) is 49.3. The van der Waals surface area contributed by atoms with Crippen molar-refractivity contribution >= 4 is 23.6 Å². The average Bonchev–Trinajstić information content (AvgIpc) is 3.03. The number of hydrazine groups is 2. The van der Waals surface area contributed by atoms with Crippen molar-refractivity contribution in [1.82, 2.24) is 21.7 Å². The maximum atomic E-state index is 12.5. The number of nitrogens with one attached hydrogen (secondary N) is 4. The molecule has 3 rings (SSSR count). The van der Waals surface area contributed by atoms with Crippen molar-refractivity contribution in [3.05, 3.63) is 59.7 Å². The van der Waals surface area contributed by atoms with Gasteiger partial charge >= 0.3 is 0 Å². The maximum Gasteiger partial charge on any atom is 0.276 e. The molecule has 10 nitrogen and oxygen atoms in total. The smallest absolute Gasteiger partial charge is 0.276 e. The van der Waals surface area contributed by atoms with Gasteiger partial charge in [0.05, 0.1) is 0 Å². The molecule has 10 heteroatoms. The van der Waals surface area contributed by atoms with Crippen molar-refractivity contribution in [3.8, 4) is 11.5 Å². The first-order chi connectivity index (χ1) is 20.2. The Labute approximate surface area is 248 Å². The minimum atomic E-state index is -0.467. The van der Waals surface area contributed by atoms with Crippen molar-refractivity contribution in [1.29, 1.82) is 0 Å². The van der Waals surface area contributed by atoms with E-state index in [1.807, 2.05) is 48.5 Å². The molecule has 0 heterocycles. The van der Waals surface area contributed by atoms with E-state index < -0.39 is 11.8 Å². The minimum absolute atomic E-state index is 0.225. The van der Waals surface area contributed by atoms with Gasteiger partial charge in [-0.25, -0.2) is 0 Å². The van der Waals surface area contributed by atoms with E-state index in [4.69, 9.17) is 9.47 Å². The normalized spacial score (nSPS) is 17.7. The van der Waals surface area contributed by atoms with Crippen LogP contribution in [-0.4, -0.2) is 36.8 Å². The Bertz CT molecular complexity index is 1080. The van der Waals surface area contributed by atoms with Gasteiger partial charge in [-0.1, -0.05) is 52.0 Å². The van der Waals surface area contributed by atoms with Crippen LogP contribution in [0.15, 0.2) is 48.5 Å². The Hall–Kier alpha value is -4.08. The van der Waals surface area contributed by atoms with Crippen molar-refractivity contribution in [2.24, 2.45) is 11.8 Å². The lowest BCUT2D eigenvalue weighted by Gasteiger charge is -2.27. The summed E-state index contributed by atoms with van der Waals surface area (Å²) in [5.41, 5.74) is 12.1. The Morgan fingerprint density at radius 2 is 0.952 bits per heavy atom.